The van der Waals surface area contributed by atoms with Gasteiger partial charge in [-0.05, 0) is 51.5 Å². The minimum absolute atomic E-state index is 0.399. The number of nitrogens with one attached hydrogen (secondary N) is 1. The number of benzene rings is 2. The number of fused-ring (bicyclic) bond motifs is 1. The number of imidazole rings is 1. The molecule has 0 spiro atoms. The Hall–Kier alpha value is -3.12. The molecule has 0 saturated heterocycles. The second-order valence-corrected chi connectivity index (χ2v) is 10.0. The highest BCUT2D eigenvalue weighted by molar-refractivity contribution is 7.99. The number of pyridine rings is 1. The summed E-state index contributed by atoms with van der Waals surface area (Å²) in [5.41, 5.74) is 4.58. The van der Waals surface area contributed by atoms with Gasteiger partial charge in [0.05, 0.1) is 41.2 Å². The van der Waals surface area contributed by atoms with Gasteiger partial charge in [-0.15, -0.1) is 11.6 Å². The minimum Gasteiger partial charge on any atom is -0.493 e. The van der Waals surface area contributed by atoms with E-state index in [0.717, 1.165) is 39.1 Å². The van der Waals surface area contributed by atoms with Gasteiger partial charge in [-0.1, -0.05) is 23.4 Å². The normalized spacial score (nSPS) is 10.9. The van der Waals surface area contributed by atoms with Gasteiger partial charge in [0.1, 0.15) is 6.07 Å². The van der Waals surface area contributed by atoms with Gasteiger partial charge in [0.2, 0.25) is 0 Å². The molecule has 192 valence electrons. The Morgan fingerprint density at radius 1 is 1.19 bits per heavy atom. The molecule has 1 N–H and O–H groups in total. The van der Waals surface area contributed by atoms with Gasteiger partial charge in [-0.25, -0.2) is 4.98 Å². The summed E-state index contributed by atoms with van der Waals surface area (Å²) in [6.45, 7) is 7.48. The molecule has 10 heteroatoms. The third-order valence-electron chi connectivity index (χ3n) is 5.95. The van der Waals surface area contributed by atoms with Crippen LogP contribution in [0.2, 0.25) is 5.02 Å². The van der Waals surface area contributed by atoms with Crippen molar-refractivity contribution in [2.45, 2.75) is 43.8 Å². The number of halogens is 2. The lowest BCUT2D eigenvalue weighted by Gasteiger charge is -2.16. The van der Waals surface area contributed by atoms with Crippen molar-refractivity contribution >= 4 is 57.2 Å². The van der Waals surface area contributed by atoms with Crippen LogP contribution in [0.1, 0.15) is 30.3 Å². The summed E-state index contributed by atoms with van der Waals surface area (Å²) in [6, 6.07) is 11.6. The molecule has 0 aliphatic rings. The number of rotatable bonds is 10. The van der Waals surface area contributed by atoms with Gasteiger partial charge in [-0.2, -0.15) is 5.26 Å². The summed E-state index contributed by atoms with van der Waals surface area (Å²) >= 11 is 14.0. The van der Waals surface area contributed by atoms with Crippen molar-refractivity contribution in [1.29, 1.82) is 5.26 Å². The largest absolute Gasteiger partial charge is 0.493 e. The minimum atomic E-state index is 0.399. The molecule has 0 aliphatic heterocycles. The second-order valence-electron chi connectivity index (χ2n) is 8.25. The Bertz CT molecular complexity index is 1480. The number of ether oxygens (including phenoxy) is 2. The molecule has 7 nitrogen and oxygen atoms in total. The number of hydrogen-bond donors (Lipinski definition) is 1. The number of nitrogens with zero attached hydrogens (tertiary/aromatic N) is 4. The standard InChI is InChI=1S/C27H27Cl2N5O2S/c1-5-34-17(3)16(2)32-27(34)37-25-8-7-19(11-21(25)29)33-26-18(14-30)15-31-22-13-24(36-10-6-9-28)23(35-4)12-20(22)26/h7-8,11-13,15H,5-6,9-10H2,1-4H3,(H,31,33). The predicted octanol–water partition coefficient (Wildman–Crippen LogP) is 7.50. The van der Waals surface area contributed by atoms with E-state index in [1.54, 1.807) is 19.4 Å². The van der Waals surface area contributed by atoms with Crippen LogP contribution in [0.15, 0.2) is 46.6 Å². The monoisotopic (exact) mass is 555 g/mol. The molecule has 0 unspecified atom stereocenters. The molecule has 2 aromatic carbocycles. The molecule has 4 rings (SSSR count). The lowest BCUT2D eigenvalue weighted by molar-refractivity contribution is 0.295. The van der Waals surface area contributed by atoms with Crippen LogP contribution in [-0.4, -0.2) is 34.1 Å². The summed E-state index contributed by atoms with van der Waals surface area (Å²) in [5, 5.41) is 15.4. The second kappa shape index (κ2) is 12.0. The summed E-state index contributed by atoms with van der Waals surface area (Å²) < 4.78 is 13.6. The van der Waals surface area contributed by atoms with Crippen molar-refractivity contribution in [2.24, 2.45) is 0 Å². The van der Waals surface area contributed by atoms with E-state index in [0.29, 0.717) is 52.2 Å². The maximum atomic E-state index is 9.78. The third kappa shape index (κ3) is 5.74. The summed E-state index contributed by atoms with van der Waals surface area (Å²) in [4.78, 5) is 10.0. The highest BCUT2D eigenvalue weighted by atomic mass is 35.5. The first-order valence-electron chi connectivity index (χ1n) is 11.8. The molecule has 0 saturated carbocycles. The van der Waals surface area contributed by atoms with Gasteiger partial charge in [0.25, 0.3) is 0 Å². The first kappa shape index (κ1) is 26.9. The van der Waals surface area contributed by atoms with E-state index in [4.69, 9.17) is 37.7 Å². The quantitative estimate of drug-likeness (QED) is 0.160. The summed E-state index contributed by atoms with van der Waals surface area (Å²) in [7, 11) is 1.58. The van der Waals surface area contributed by atoms with Crippen LogP contribution >= 0.6 is 35.0 Å². The number of aryl methyl sites for hydroxylation is 1. The Morgan fingerprint density at radius 3 is 2.68 bits per heavy atom. The molecule has 2 aromatic heterocycles. The lowest BCUT2D eigenvalue weighted by atomic mass is 10.1. The summed E-state index contributed by atoms with van der Waals surface area (Å²) in [5.74, 6) is 1.63. The Balaban J connectivity index is 1.67. The third-order valence-corrected chi connectivity index (χ3v) is 7.71. The molecule has 0 radical (unpaired) electrons. The zero-order valence-electron chi connectivity index (χ0n) is 21.1. The Kier molecular flexibility index (Phi) is 8.70. The fraction of sp³-hybridized carbons (Fsp3) is 0.296. The zero-order chi connectivity index (χ0) is 26.5. The molecular weight excluding hydrogens is 529 g/mol. The molecule has 2 heterocycles. The number of nitriles is 1. The number of aromatic nitrogens is 3. The van der Waals surface area contributed by atoms with E-state index in [1.807, 2.05) is 31.2 Å². The SMILES string of the molecule is CCn1c(Sc2ccc(Nc3c(C#N)cnc4cc(OCCCCl)c(OC)cc34)cc2Cl)nc(C)c1C. The number of alkyl halides is 1. The van der Waals surface area contributed by atoms with E-state index in [-0.39, 0.29) is 0 Å². The first-order valence-corrected chi connectivity index (χ1v) is 13.5. The maximum Gasteiger partial charge on any atom is 0.173 e. The average Bonchev–Trinajstić information content (AvgIpc) is 3.17. The van der Waals surface area contributed by atoms with Crippen LogP contribution in [-0.2, 0) is 6.54 Å². The van der Waals surface area contributed by atoms with Crippen LogP contribution in [0.3, 0.4) is 0 Å². The van der Waals surface area contributed by atoms with Crippen LogP contribution < -0.4 is 14.8 Å². The van der Waals surface area contributed by atoms with Crippen LogP contribution in [0, 0.1) is 25.2 Å². The van der Waals surface area contributed by atoms with E-state index in [9.17, 15) is 5.26 Å². The topological polar surface area (TPSA) is 85.0 Å². The van der Waals surface area contributed by atoms with Gasteiger partial charge < -0.3 is 19.4 Å². The zero-order valence-corrected chi connectivity index (χ0v) is 23.4. The fourth-order valence-corrected chi connectivity index (χ4v) is 5.36. The van der Waals surface area contributed by atoms with E-state index < -0.39 is 0 Å². The molecule has 0 fully saturated rings. The van der Waals surface area contributed by atoms with E-state index >= 15 is 0 Å². The molecule has 0 bridgehead atoms. The highest BCUT2D eigenvalue weighted by Gasteiger charge is 2.16. The molecule has 4 aromatic rings. The fourth-order valence-electron chi connectivity index (χ4n) is 3.91. The number of hydrogen-bond acceptors (Lipinski definition) is 7. The van der Waals surface area contributed by atoms with Gasteiger partial charge in [-0.3, -0.25) is 4.98 Å². The number of methoxy groups -OCH3 is 1. The lowest BCUT2D eigenvalue weighted by Crippen LogP contribution is -2.02. The van der Waals surface area contributed by atoms with Crippen molar-refractivity contribution in [3.63, 3.8) is 0 Å². The smallest absolute Gasteiger partial charge is 0.173 e. The first-order chi connectivity index (χ1) is 17.9. The van der Waals surface area contributed by atoms with E-state index in [2.05, 4.69) is 34.8 Å². The van der Waals surface area contributed by atoms with Crippen molar-refractivity contribution in [2.75, 3.05) is 24.9 Å². The van der Waals surface area contributed by atoms with Crippen LogP contribution in [0.4, 0.5) is 11.4 Å². The van der Waals surface area contributed by atoms with Crippen LogP contribution in [0.25, 0.3) is 10.9 Å². The van der Waals surface area contributed by atoms with Gasteiger partial charge >= 0.3 is 0 Å². The highest BCUT2D eigenvalue weighted by Crippen LogP contribution is 2.39. The maximum absolute atomic E-state index is 9.78. The predicted molar refractivity (Wildman–Crippen MR) is 150 cm³/mol. The molecule has 37 heavy (non-hydrogen) atoms. The van der Waals surface area contributed by atoms with Crippen molar-refractivity contribution in [3.05, 3.63) is 58.5 Å². The Morgan fingerprint density at radius 2 is 2.00 bits per heavy atom. The number of anilines is 2. The molecule has 0 atom stereocenters. The molecule has 0 amide bonds. The Labute approximate surface area is 230 Å². The van der Waals surface area contributed by atoms with Crippen molar-refractivity contribution in [3.8, 4) is 17.6 Å². The van der Waals surface area contributed by atoms with Gasteiger partial charge in [0.15, 0.2) is 16.7 Å². The van der Waals surface area contributed by atoms with Crippen LogP contribution in [0.5, 0.6) is 11.5 Å². The van der Waals surface area contributed by atoms with E-state index in [1.165, 1.54) is 11.8 Å². The molecular formula is C27H27Cl2N5O2S. The summed E-state index contributed by atoms with van der Waals surface area (Å²) in [6.07, 6.45) is 2.26. The van der Waals surface area contributed by atoms with Gasteiger partial charge in [0, 0.05) is 46.4 Å². The molecule has 0 aliphatic carbocycles. The van der Waals surface area contributed by atoms with Crippen molar-refractivity contribution < 1.29 is 9.47 Å². The van der Waals surface area contributed by atoms with Crippen molar-refractivity contribution in [1.82, 2.24) is 14.5 Å². The average molecular weight is 557 g/mol.